The second-order valence-corrected chi connectivity index (χ2v) is 10.0. The van der Waals surface area contributed by atoms with E-state index >= 15 is 0 Å². The van der Waals surface area contributed by atoms with Gasteiger partial charge in [0.2, 0.25) is 0 Å². The third kappa shape index (κ3) is 7.76. The highest BCUT2D eigenvalue weighted by atomic mass is 35.5. The zero-order chi connectivity index (χ0) is 25.7. The lowest BCUT2D eigenvalue weighted by atomic mass is 10.1. The fourth-order valence-electron chi connectivity index (χ4n) is 4.67. The van der Waals surface area contributed by atoms with E-state index < -0.39 is 12.0 Å². The predicted octanol–water partition coefficient (Wildman–Crippen LogP) is 7.15. The molecule has 1 unspecified atom stereocenters. The Labute approximate surface area is 233 Å². The van der Waals surface area contributed by atoms with Crippen LogP contribution >= 0.6 is 35.6 Å². The first-order valence-electron chi connectivity index (χ1n) is 12.4. The van der Waals surface area contributed by atoms with E-state index in [9.17, 15) is 13.6 Å². The number of carbonyl (C=O) groups excluding carboxylic acids is 1. The van der Waals surface area contributed by atoms with Gasteiger partial charge in [0.25, 0.3) is 5.92 Å². The van der Waals surface area contributed by atoms with E-state index in [1.54, 1.807) is 18.2 Å². The summed E-state index contributed by atoms with van der Waals surface area (Å²) in [7, 11) is 0. The number of hydrogen-bond acceptors (Lipinski definition) is 5. The second-order valence-electron chi connectivity index (χ2n) is 9.26. The van der Waals surface area contributed by atoms with Gasteiger partial charge >= 0.3 is 6.09 Å². The van der Waals surface area contributed by atoms with Gasteiger partial charge in [0.1, 0.15) is 0 Å². The van der Waals surface area contributed by atoms with Gasteiger partial charge in [-0.25, -0.2) is 13.6 Å². The summed E-state index contributed by atoms with van der Waals surface area (Å²) in [5.74, 6) is -2.58. The van der Waals surface area contributed by atoms with Gasteiger partial charge in [-0.2, -0.15) is 0 Å². The van der Waals surface area contributed by atoms with Gasteiger partial charge < -0.3 is 14.5 Å². The molecule has 11 heteroatoms. The molecule has 0 saturated carbocycles. The van der Waals surface area contributed by atoms with Crippen molar-refractivity contribution in [2.45, 2.75) is 44.8 Å². The Bertz CT molecular complexity index is 1030. The Morgan fingerprint density at radius 3 is 2.27 bits per heavy atom. The SMILES string of the molecule is CCCC(OC(=O)Nc1ccc(N2CCC(F)(F)CC2)cc1)N1CCN(c2cccc(Cl)c2Cl)CC1.Cl. The summed E-state index contributed by atoms with van der Waals surface area (Å²) in [5, 5.41) is 3.88. The second kappa shape index (κ2) is 13.2. The molecule has 2 aliphatic heterocycles. The number of ether oxygens (including phenoxy) is 1. The highest BCUT2D eigenvalue weighted by Gasteiger charge is 2.34. The van der Waals surface area contributed by atoms with Crippen LogP contribution in [0.3, 0.4) is 0 Å². The van der Waals surface area contributed by atoms with E-state index in [1.165, 1.54) is 0 Å². The molecule has 2 fully saturated rings. The quantitative estimate of drug-likeness (QED) is 0.379. The molecule has 0 spiro atoms. The van der Waals surface area contributed by atoms with E-state index in [4.69, 9.17) is 27.9 Å². The van der Waals surface area contributed by atoms with Crippen LogP contribution < -0.4 is 15.1 Å². The van der Waals surface area contributed by atoms with Crippen LogP contribution in [-0.4, -0.2) is 62.4 Å². The molecule has 204 valence electrons. The molecule has 0 aromatic heterocycles. The van der Waals surface area contributed by atoms with Crippen LogP contribution in [0.25, 0.3) is 0 Å². The van der Waals surface area contributed by atoms with Gasteiger partial charge in [-0.15, -0.1) is 12.4 Å². The van der Waals surface area contributed by atoms with Gasteiger partial charge in [0, 0.05) is 63.5 Å². The van der Waals surface area contributed by atoms with Crippen molar-refractivity contribution in [1.82, 2.24) is 4.90 Å². The summed E-state index contributed by atoms with van der Waals surface area (Å²) in [6.45, 7) is 5.64. The van der Waals surface area contributed by atoms with E-state index in [1.807, 2.05) is 29.2 Å². The molecule has 0 radical (unpaired) electrons. The Hall–Kier alpha value is -2.00. The van der Waals surface area contributed by atoms with Gasteiger partial charge in [0.05, 0.1) is 15.7 Å². The number of piperazine rings is 1. The Kier molecular flexibility index (Phi) is 10.5. The van der Waals surface area contributed by atoms with Crippen LogP contribution in [0.15, 0.2) is 42.5 Å². The molecule has 0 aliphatic carbocycles. The number of nitrogens with zero attached hydrogens (tertiary/aromatic N) is 3. The maximum atomic E-state index is 13.4. The van der Waals surface area contributed by atoms with Crippen LogP contribution in [0.4, 0.5) is 30.6 Å². The van der Waals surface area contributed by atoms with Gasteiger partial charge in [-0.1, -0.05) is 42.6 Å². The highest BCUT2D eigenvalue weighted by molar-refractivity contribution is 6.43. The third-order valence-electron chi connectivity index (χ3n) is 6.75. The molecule has 1 N–H and O–H groups in total. The molecule has 2 aliphatic rings. The van der Waals surface area contributed by atoms with Gasteiger partial charge in [-0.3, -0.25) is 10.2 Å². The number of amides is 1. The van der Waals surface area contributed by atoms with Gasteiger partial charge in [-0.05, 0) is 42.8 Å². The molecule has 0 bridgehead atoms. The number of halogens is 5. The summed E-state index contributed by atoms with van der Waals surface area (Å²) < 4.78 is 32.6. The Morgan fingerprint density at radius 2 is 1.65 bits per heavy atom. The summed E-state index contributed by atoms with van der Waals surface area (Å²) in [6.07, 6.45) is 0.475. The van der Waals surface area contributed by atoms with Crippen molar-refractivity contribution in [2.24, 2.45) is 0 Å². The van der Waals surface area contributed by atoms with E-state index in [0.29, 0.717) is 28.8 Å². The maximum absolute atomic E-state index is 13.4. The van der Waals surface area contributed by atoms with Crippen molar-refractivity contribution in [3.05, 3.63) is 52.5 Å². The first kappa shape index (κ1) is 29.6. The normalized spacial score (nSPS) is 18.6. The molecule has 2 aromatic carbocycles. The Balaban J connectivity index is 0.00000380. The molecular weight excluding hydrogens is 545 g/mol. The summed E-state index contributed by atoms with van der Waals surface area (Å²) >= 11 is 12.6. The minimum absolute atomic E-state index is 0. The number of rotatable bonds is 7. The maximum Gasteiger partial charge on any atom is 0.413 e. The molecule has 2 saturated heterocycles. The van der Waals surface area contributed by atoms with E-state index in [0.717, 1.165) is 50.4 Å². The zero-order valence-electron chi connectivity index (χ0n) is 20.8. The van der Waals surface area contributed by atoms with Crippen molar-refractivity contribution in [3.63, 3.8) is 0 Å². The van der Waals surface area contributed by atoms with Crippen molar-refractivity contribution in [2.75, 3.05) is 54.4 Å². The Morgan fingerprint density at radius 1 is 1.00 bits per heavy atom. The minimum atomic E-state index is -2.58. The van der Waals surface area contributed by atoms with Crippen LogP contribution in [-0.2, 0) is 4.74 Å². The summed E-state index contributed by atoms with van der Waals surface area (Å²) in [6, 6.07) is 12.8. The fourth-order valence-corrected chi connectivity index (χ4v) is 5.08. The van der Waals surface area contributed by atoms with Crippen molar-refractivity contribution < 1.29 is 18.3 Å². The van der Waals surface area contributed by atoms with Crippen LogP contribution in [0.1, 0.15) is 32.6 Å². The molecule has 1 atom stereocenters. The highest BCUT2D eigenvalue weighted by Crippen LogP contribution is 2.33. The lowest BCUT2D eigenvalue weighted by Crippen LogP contribution is -2.52. The predicted molar refractivity (Wildman–Crippen MR) is 149 cm³/mol. The number of benzene rings is 2. The van der Waals surface area contributed by atoms with Crippen molar-refractivity contribution in [1.29, 1.82) is 0 Å². The number of carbonyl (C=O) groups is 1. The lowest BCUT2D eigenvalue weighted by Gasteiger charge is -2.39. The van der Waals surface area contributed by atoms with Crippen LogP contribution in [0, 0.1) is 0 Å². The average molecular weight is 578 g/mol. The molecule has 1 amide bonds. The van der Waals surface area contributed by atoms with E-state index in [-0.39, 0.29) is 31.5 Å². The first-order valence-corrected chi connectivity index (χ1v) is 13.1. The summed E-state index contributed by atoms with van der Waals surface area (Å²) in [5.41, 5.74) is 2.38. The molecule has 4 rings (SSSR count). The molecule has 2 heterocycles. The summed E-state index contributed by atoms with van der Waals surface area (Å²) in [4.78, 5) is 19.0. The zero-order valence-corrected chi connectivity index (χ0v) is 23.1. The van der Waals surface area contributed by atoms with Gasteiger partial charge in [0.15, 0.2) is 6.23 Å². The largest absolute Gasteiger partial charge is 0.430 e. The first-order chi connectivity index (χ1) is 17.3. The van der Waals surface area contributed by atoms with Crippen molar-refractivity contribution in [3.8, 4) is 0 Å². The molecule has 37 heavy (non-hydrogen) atoms. The number of alkyl halides is 2. The standard InChI is InChI=1S/C26H32Cl2F2N4O2.ClH/c1-2-4-23(34-17-15-33(16-18-34)22-6-3-5-21(27)24(22)28)36-25(35)31-19-7-9-20(10-8-19)32-13-11-26(29,30)12-14-32;/h3,5-10,23H,2,4,11-18H2,1H3,(H,31,35);1H. The smallest absolute Gasteiger partial charge is 0.413 e. The minimum Gasteiger partial charge on any atom is -0.430 e. The molecule has 6 nitrogen and oxygen atoms in total. The average Bonchev–Trinajstić information content (AvgIpc) is 2.86. The monoisotopic (exact) mass is 576 g/mol. The number of hydrogen-bond donors (Lipinski definition) is 1. The topological polar surface area (TPSA) is 48.1 Å². The molecule has 2 aromatic rings. The van der Waals surface area contributed by atoms with E-state index in [2.05, 4.69) is 22.0 Å². The number of piperidine rings is 1. The third-order valence-corrected chi connectivity index (χ3v) is 7.55. The number of nitrogens with one attached hydrogen (secondary N) is 1. The van der Waals surface area contributed by atoms with Crippen molar-refractivity contribution >= 4 is 58.8 Å². The fraction of sp³-hybridized carbons (Fsp3) is 0.500. The van der Waals surface area contributed by atoms with Crippen LogP contribution in [0.5, 0.6) is 0 Å². The molecular formula is C26H33Cl3F2N4O2. The number of anilines is 3. The van der Waals surface area contributed by atoms with Crippen LogP contribution in [0.2, 0.25) is 10.0 Å². The lowest BCUT2D eigenvalue weighted by molar-refractivity contribution is -0.0221.